The number of H-pyrrole nitrogens is 1. The quantitative estimate of drug-likeness (QED) is 0.147. The highest BCUT2D eigenvalue weighted by Gasteiger charge is 3.10. The number of carbonyl (C=O) groups is 3. The number of aliphatic hydroxyl groups is 5. The molecule has 2 saturated heterocycles. The number of amides is 1. The van der Waals surface area contributed by atoms with E-state index < -0.39 is 93.1 Å². The van der Waals surface area contributed by atoms with Gasteiger partial charge in [-0.1, -0.05) is 58.0 Å². The van der Waals surface area contributed by atoms with E-state index in [1.54, 1.807) is 39.0 Å². The SMILES string of the molecule is CC1CCC2(O)C3(OC4(O)C[C@]2(C)C2(O)[C@H](OC(=O)c5ccc[nH]5)C(O)(C(C)C)C4(C)C32O)[C@@H]1OC(=O)CCNC(=O)OCc1ccccc1. The molecule has 14 nitrogen and oxygen atoms in total. The number of benzene rings is 1. The van der Waals surface area contributed by atoms with Gasteiger partial charge in [-0.2, -0.15) is 0 Å². The molecule has 14 heteroatoms. The van der Waals surface area contributed by atoms with Crippen molar-refractivity contribution >= 4 is 18.0 Å². The first kappa shape index (κ1) is 34.9. The number of hydrogen-bond donors (Lipinski definition) is 7. The van der Waals surface area contributed by atoms with E-state index in [9.17, 15) is 39.9 Å². The lowest BCUT2D eigenvalue weighted by atomic mass is 9.52. The second-order valence-corrected chi connectivity index (χ2v) is 15.6. The third-order valence-electron chi connectivity index (χ3n) is 13.3. The van der Waals surface area contributed by atoms with Crippen LogP contribution in [0.15, 0.2) is 48.7 Å². The minimum Gasteiger partial charge on any atom is -0.459 e. The zero-order chi connectivity index (χ0) is 36.3. The molecule has 1 aromatic heterocycles. The Bertz CT molecular complexity index is 1710. The van der Waals surface area contributed by atoms with Crippen LogP contribution in [-0.4, -0.2) is 101 Å². The highest BCUT2D eigenvalue weighted by Crippen LogP contribution is 2.90. The largest absolute Gasteiger partial charge is 0.459 e. The zero-order valence-electron chi connectivity index (χ0n) is 28.8. The number of alkyl carbamates (subject to hydrolysis) is 1. The van der Waals surface area contributed by atoms with Crippen LogP contribution < -0.4 is 5.32 Å². The van der Waals surface area contributed by atoms with E-state index in [1.807, 2.05) is 18.2 Å². The van der Waals surface area contributed by atoms with Gasteiger partial charge in [-0.3, -0.25) is 4.79 Å². The summed E-state index contributed by atoms with van der Waals surface area (Å²) in [4.78, 5) is 42.0. The fourth-order valence-electron chi connectivity index (χ4n) is 11.0. The maximum Gasteiger partial charge on any atom is 0.407 e. The number of nitrogens with one attached hydrogen (secondary N) is 2. The Kier molecular flexibility index (Phi) is 7.50. The Morgan fingerprint density at radius 1 is 1.02 bits per heavy atom. The summed E-state index contributed by atoms with van der Waals surface area (Å²) < 4.78 is 23.7. The van der Waals surface area contributed by atoms with E-state index in [4.69, 9.17) is 18.9 Å². The van der Waals surface area contributed by atoms with Gasteiger partial charge >= 0.3 is 18.0 Å². The highest BCUT2D eigenvalue weighted by molar-refractivity contribution is 5.87. The van der Waals surface area contributed by atoms with Gasteiger partial charge < -0.3 is 54.8 Å². The molecule has 6 fully saturated rings. The van der Waals surface area contributed by atoms with Crippen molar-refractivity contribution in [1.29, 1.82) is 0 Å². The van der Waals surface area contributed by atoms with E-state index in [0.717, 1.165) is 5.56 Å². The van der Waals surface area contributed by atoms with Gasteiger partial charge in [0.05, 0.1) is 11.8 Å². The van der Waals surface area contributed by atoms with Crippen LogP contribution in [0.2, 0.25) is 0 Å². The van der Waals surface area contributed by atoms with Gasteiger partial charge in [0, 0.05) is 24.6 Å². The van der Waals surface area contributed by atoms with Crippen LogP contribution in [0.1, 0.15) is 76.4 Å². The van der Waals surface area contributed by atoms with Crippen molar-refractivity contribution in [3.63, 3.8) is 0 Å². The molecule has 6 bridgehead atoms. The molecular formula is C36H46N2O12. The molecule has 272 valence electrons. The fourth-order valence-corrected chi connectivity index (χ4v) is 11.0. The first-order chi connectivity index (χ1) is 23.4. The van der Waals surface area contributed by atoms with Crippen molar-refractivity contribution < 1.29 is 58.9 Å². The Morgan fingerprint density at radius 3 is 2.36 bits per heavy atom. The maximum atomic E-state index is 13.5. The van der Waals surface area contributed by atoms with Gasteiger partial charge in [-0.25, -0.2) is 9.59 Å². The van der Waals surface area contributed by atoms with E-state index in [0.29, 0.717) is 0 Å². The van der Waals surface area contributed by atoms with Crippen LogP contribution in [0.3, 0.4) is 0 Å². The second-order valence-electron chi connectivity index (χ2n) is 15.6. The first-order valence-corrected chi connectivity index (χ1v) is 17.2. The Hall–Kier alpha value is -3.53. The molecule has 50 heavy (non-hydrogen) atoms. The summed E-state index contributed by atoms with van der Waals surface area (Å²) >= 11 is 0. The molecule has 7 N–H and O–H groups in total. The van der Waals surface area contributed by atoms with E-state index in [-0.39, 0.29) is 38.1 Å². The van der Waals surface area contributed by atoms with Crippen LogP contribution in [0.5, 0.6) is 0 Å². The monoisotopic (exact) mass is 698 g/mol. The molecular weight excluding hydrogens is 652 g/mol. The second kappa shape index (κ2) is 10.7. The van der Waals surface area contributed by atoms with Gasteiger partial charge in [0.25, 0.3) is 0 Å². The number of esters is 2. The van der Waals surface area contributed by atoms with Gasteiger partial charge in [-0.05, 0) is 49.3 Å². The molecule has 8 rings (SSSR count). The van der Waals surface area contributed by atoms with Gasteiger partial charge in [0.15, 0.2) is 17.5 Å². The van der Waals surface area contributed by atoms with E-state index in [2.05, 4.69) is 10.3 Å². The van der Waals surface area contributed by atoms with Crippen molar-refractivity contribution in [2.75, 3.05) is 6.54 Å². The lowest BCUT2D eigenvalue weighted by Crippen LogP contribution is -2.75. The zero-order valence-corrected chi connectivity index (χ0v) is 28.8. The van der Waals surface area contributed by atoms with Crippen molar-refractivity contribution in [3.8, 4) is 0 Å². The number of aromatic amines is 1. The smallest absolute Gasteiger partial charge is 0.407 e. The summed E-state index contributed by atoms with van der Waals surface area (Å²) in [5.74, 6) is -5.60. The third-order valence-corrected chi connectivity index (χ3v) is 13.3. The predicted molar refractivity (Wildman–Crippen MR) is 172 cm³/mol. The molecule has 3 heterocycles. The van der Waals surface area contributed by atoms with Gasteiger partial charge in [-0.15, -0.1) is 0 Å². The number of rotatable bonds is 9. The van der Waals surface area contributed by atoms with Crippen molar-refractivity contribution in [3.05, 3.63) is 59.9 Å². The van der Waals surface area contributed by atoms with Crippen LogP contribution in [0.25, 0.3) is 0 Å². The van der Waals surface area contributed by atoms with Crippen LogP contribution in [-0.2, 0) is 30.3 Å². The summed E-state index contributed by atoms with van der Waals surface area (Å²) in [6.45, 7) is 7.65. The van der Waals surface area contributed by atoms with Crippen molar-refractivity contribution in [1.82, 2.24) is 10.3 Å². The molecule has 4 aliphatic carbocycles. The van der Waals surface area contributed by atoms with Crippen molar-refractivity contribution in [2.45, 2.75) is 113 Å². The molecule has 1 spiro atoms. The first-order valence-electron chi connectivity index (χ1n) is 17.2. The Morgan fingerprint density at radius 2 is 1.72 bits per heavy atom. The lowest BCUT2D eigenvalue weighted by molar-refractivity contribution is -0.390. The average Bonchev–Trinajstić information content (AvgIpc) is 3.70. The molecule has 1 aromatic carbocycles. The standard InChI is InChI=1S/C36H46N2O12/c1-20(2)33(44)27(49-26(40)23-12-9-16-37-23)34(45)29(4)19-32(43)30(33,5)36(34,46)35(50-32)25(21(3)13-15-31(29,35)42)48-24(39)14-17-38-28(41)47-18-22-10-7-6-8-11-22/h6-12,16,20-21,25,27,37,42-46H,13-15,17-19H2,1-5H3,(H,38,41)/t21?,25-,27-,29+,30?,31?,32?,33?,34?,35?,36?/m1/s1. The minimum atomic E-state index is -2.75. The normalized spacial score (nSPS) is 45.0. The van der Waals surface area contributed by atoms with E-state index >= 15 is 0 Å². The number of ether oxygens (including phenoxy) is 4. The third kappa shape index (κ3) is 3.61. The van der Waals surface area contributed by atoms with E-state index in [1.165, 1.54) is 26.1 Å². The summed E-state index contributed by atoms with van der Waals surface area (Å²) in [7, 11) is 0. The summed E-state index contributed by atoms with van der Waals surface area (Å²) in [6, 6.07) is 12.1. The molecule has 8 unspecified atom stereocenters. The molecule has 2 aliphatic heterocycles. The summed E-state index contributed by atoms with van der Waals surface area (Å²) in [5, 5.41) is 67.4. The molecule has 4 saturated carbocycles. The van der Waals surface area contributed by atoms with Crippen LogP contribution in [0, 0.1) is 22.7 Å². The van der Waals surface area contributed by atoms with Gasteiger partial charge in [0.2, 0.25) is 0 Å². The number of hydrogen-bond acceptors (Lipinski definition) is 12. The maximum absolute atomic E-state index is 13.5. The molecule has 0 radical (unpaired) electrons. The number of aromatic nitrogens is 1. The highest BCUT2D eigenvalue weighted by atomic mass is 16.7. The van der Waals surface area contributed by atoms with Crippen LogP contribution in [0.4, 0.5) is 4.79 Å². The Labute approximate surface area is 289 Å². The summed E-state index contributed by atoms with van der Waals surface area (Å²) in [5.41, 5.74) is -15.5. The fraction of sp³-hybridized carbons (Fsp3) is 0.639. The van der Waals surface area contributed by atoms with Gasteiger partial charge in [0.1, 0.15) is 40.8 Å². The topological polar surface area (TPSA) is 217 Å². The molecule has 11 atom stereocenters. The molecule has 2 aromatic rings. The number of carbonyl (C=O) groups excluding carboxylic acids is 3. The average molecular weight is 699 g/mol. The summed E-state index contributed by atoms with van der Waals surface area (Å²) in [6.07, 6.45) is -3.13. The predicted octanol–water partition coefficient (Wildman–Crippen LogP) is 1.68. The van der Waals surface area contributed by atoms with Crippen molar-refractivity contribution in [2.24, 2.45) is 22.7 Å². The Balaban J connectivity index is 1.24. The lowest BCUT2D eigenvalue weighted by Gasteiger charge is -2.61. The molecule has 1 amide bonds. The molecule has 6 aliphatic rings. The minimum absolute atomic E-state index is 0.0168. The van der Waals surface area contributed by atoms with Crippen LogP contribution >= 0.6 is 0 Å².